The van der Waals surface area contributed by atoms with Gasteiger partial charge in [-0.25, -0.2) is 4.98 Å². The van der Waals surface area contributed by atoms with Crippen molar-refractivity contribution >= 4 is 28.2 Å². The monoisotopic (exact) mass is 487 g/mol. The van der Waals surface area contributed by atoms with Crippen LogP contribution < -0.4 is 15.5 Å². The maximum atomic E-state index is 11.2. The van der Waals surface area contributed by atoms with E-state index in [0.29, 0.717) is 30.1 Å². The molecular weight excluding hydrogens is 458 g/mol. The highest BCUT2D eigenvalue weighted by Crippen LogP contribution is 2.28. The average molecular weight is 488 g/mol. The van der Waals surface area contributed by atoms with Crippen LogP contribution in [0, 0.1) is 23.0 Å². The van der Waals surface area contributed by atoms with Gasteiger partial charge in [0.15, 0.2) is 17.5 Å². The quantitative estimate of drug-likeness (QED) is 0.263. The summed E-state index contributed by atoms with van der Waals surface area (Å²) in [6.45, 7) is 9.17. The van der Waals surface area contributed by atoms with E-state index in [9.17, 15) is 10.1 Å². The number of aromatic nitrogens is 5. The lowest BCUT2D eigenvalue weighted by molar-refractivity contribution is -0.384. The molecule has 1 fully saturated rings. The van der Waals surface area contributed by atoms with Gasteiger partial charge < -0.3 is 15.5 Å². The number of aryl methyl sites for hydroxylation is 1. The lowest BCUT2D eigenvalue weighted by atomic mass is 10.0. The zero-order chi connectivity index (χ0) is 25.2. The number of nitrogens with one attached hydrogen (secondary N) is 3. The molecule has 3 heterocycles. The molecule has 4 aromatic rings. The van der Waals surface area contributed by atoms with Crippen molar-refractivity contribution in [1.29, 1.82) is 0 Å². The minimum atomic E-state index is -0.392. The standard InChI is InChI=1S/C25H29N9O2/c1-15(2)22-14-33(10-9-26-22)25-24(27-13-17-5-4-6-19(11-17)34(35)36)32-31-23(28-25)18-7-8-21-20(12-18)16(3)29-30-21/h4-8,11-12,15,22,26H,9-10,13-14H2,1-3H3,(H,27,32)(H,29,30)/t22-/m1/s1. The van der Waals surface area contributed by atoms with E-state index in [2.05, 4.69) is 49.8 Å². The van der Waals surface area contributed by atoms with E-state index in [-0.39, 0.29) is 5.69 Å². The van der Waals surface area contributed by atoms with Gasteiger partial charge in [-0.05, 0) is 36.6 Å². The molecule has 2 aromatic carbocycles. The van der Waals surface area contributed by atoms with Crippen molar-refractivity contribution < 1.29 is 4.92 Å². The molecule has 11 nitrogen and oxygen atoms in total. The lowest BCUT2D eigenvalue weighted by Gasteiger charge is -2.37. The molecule has 0 amide bonds. The number of anilines is 2. The summed E-state index contributed by atoms with van der Waals surface area (Å²) < 4.78 is 0. The number of hydrogen-bond acceptors (Lipinski definition) is 9. The summed E-state index contributed by atoms with van der Waals surface area (Å²) in [7, 11) is 0. The predicted octanol–water partition coefficient (Wildman–Crippen LogP) is 3.68. The Bertz CT molecular complexity index is 1400. The first-order chi connectivity index (χ1) is 17.4. The van der Waals surface area contributed by atoms with Crippen LogP contribution in [0.15, 0.2) is 42.5 Å². The molecule has 0 unspecified atom stereocenters. The summed E-state index contributed by atoms with van der Waals surface area (Å²) in [5, 5.41) is 35.4. The molecule has 2 aromatic heterocycles. The minimum absolute atomic E-state index is 0.0564. The van der Waals surface area contributed by atoms with Gasteiger partial charge in [0.1, 0.15) is 0 Å². The Hall–Kier alpha value is -4.12. The van der Waals surface area contributed by atoms with Crippen LogP contribution in [0.4, 0.5) is 17.3 Å². The Labute approximate surface area is 208 Å². The Kier molecular flexibility index (Phi) is 6.47. The maximum Gasteiger partial charge on any atom is 0.269 e. The van der Waals surface area contributed by atoms with Crippen molar-refractivity contribution in [2.75, 3.05) is 29.9 Å². The Morgan fingerprint density at radius 1 is 1.22 bits per heavy atom. The van der Waals surface area contributed by atoms with Crippen LogP contribution in [-0.2, 0) is 6.54 Å². The van der Waals surface area contributed by atoms with Crippen molar-refractivity contribution in [2.24, 2.45) is 5.92 Å². The highest BCUT2D eigenvalue weighted by Gasteiger charge is 2.26. The van der Waals surface area contributed by atoms with E-state index < -0.39 is 4.92 Å². The molecule has 0 saturated carbocycles. The minimum Gasteiger partial charge on any atom is -0.361 e. The number of non-ortho nitro benzene ring substituents is 1. The normalized spacial score (nSPS) is 16.0. The Morgan fingerprint density at radius 3 is 2.89 bits per heavy atom. The van der Waals surface area contributed by atoms with E-state index >= 15 is 0 Å². The summed E-state index contributed by atoms with van der Waals surface area (Å²) in [4.78, 5) is 18.0. The van der Waals surface area contributed by atoms with Crippen LogP contribution in [0.5, 0.6) is 0 Å². The summed E-state index contributed by atoms with van der Waals surface area (Å²) in [6.07, 6.45) is 0. The van der Waals surface area contributed by atoms with Gasteiger partial charge in [0.2, 0.25) is 0 Å². The third-order valence-electron chi connectivity index (χ3n) is 6.56. The number of fused-ring (bicyclic) bond motifs is 1. The summed E-state index contributed by atoms with van der Waals surface area (Å²) in [5.74, 6) is 2.28. The third kappa shape index (κ3) is 4.82. The third-order valence-corrected chi connectivity index (χ3v) is 6.56. The molecule has 0 aliphatic carbocycles. The molecule has 0 spiro atoms. The molecule has 1 saturated heterocycles. The van der Waals surface area contributed by atoms with Gasteiger partial charge >= 0.3 is 0 Å². The van der Waals surface area contributed by atoms with Crippen LogP contribution in [-0.4, -0.2) is 56.0 Å². The van der Waals surface area contributed by atoms with E-state index in [1.54, 1.807) is 12.1 Å². The molecule has 3 N–H and O–H groups in total. The topological polar surface area (TPSA) is 138 Å². The van der Waals surface area contributed by atoms with Gasteiger partial charge in [0, 0.05) is 61.0 Å². The second-order valence-electron chi connectivity index (χ2n) is 9.42. The average Bonchev–Trinajstić information content (AvgIpc) is 3.27. The van der Waals surface area contributed by atoms with Gasteiger partial charge in [0.25, 0.3) is 5.69 Å². The van der Waals surface area contributed by atoms with Gasteiger partial charge in [-0.3, -0.25) is 15.2 Å². The summed E-state index contributed by atoms with van der Waals surface area (Å²) in [5.41, 5.74) is 3.57. The maximum absolute atomic E-state index is 11.2. The van der Waals surface area contributed by atoms with Crippen LogP contribution in [0.25, 0.3) is 22.3 Å². The van der Waals surface area contributed by atoms with Crippen molar-refractivity contribution in [1.82, 2.24) is 30.7 Å². The molecule has 0 bridgehead atoms. The van der Waals surface area contributed by atoms with Crippen LogP contribution in [0.3, 0.4) is 0 Å². The van der Waals surface area contributed by atoms with E-state index in [4.69, 9.17) is 4.98 Å². The fraction of sp³-hybridized carbons (Fsp3) is 0.360. The fourth-order valence-electron chi connectivity index (χ4n) is 4.44. The van der Waals surface area contributed by atoms with E-state index in [1.807, 2.05) is 31.2 Å². The number of nitro benzene ring substituents is 1. The van der Waals surface area contributed by atoms with E-state index in [0.717, 1.165) is 53.2 Å². The van der Waals surface area contributed by atoms with E-state index in [1.165, 1.54) is 6.07 Å². The van der Waals surface area contributed by atoms with Crippen molar-refractivity contribution in [3.8, 4) is 11.4 Å². The molecule has 11 heteroatoms. The molecule has 1 atom stereocenters. The summed E-state index contributed by atoms with van der Waals surface area (Å²) >= 11 is 0. The summed E-state index contributed by atoms with van der Waals surface area (Å²) in [6, 6.07) is 12.8. The predicted molar refractivity (Wildman–Crippen MR) is 139 cm³/mol. The van der Waals surface area contributed by atoms with Crippen molar-refractivity contribution in [3.05, 3.63) is 63.8 Å². The molecule has 1 aliphatic heterocycles. The fourth-order valence-corrected chi connectivity index (χ4v) is 4.44. The van der Waals surface area contributed by atoms with Crippen molar-refractivity contribution in [3.63, 3.8) is 0 Å². The molecule has 36 heavy (non-hydrogen) atoms. The number of rotatable bonds is 7. The number of nitrogens with zero attached hydrogens (tertiary/aromatic N) is 6. The Morgan fingerprint density at radius 2 is 2.08 bits per heavy atom. The van der Waals surface area contributed by atoms with Gasteiger partial charge in [-0.1, -0.05) is 26.0 Å². The number of benzene rings is 2. The first kappa shape index (κ1) is 23.6. The highest BCUT2D eigenvalue weighted by molar-refractivity contribution is 5.85. The number of aromatic amines is 1. The second kappa shape index (κ2) is 9.86. The number of nitro groups is 1. The van der Waals surface area contributed by atoms with Gasteiger partial charge in [-0.2, -0.15) is 5.10 Å². The zero-order valence-corrected chi connectivity index (χ0v) is 20.5. The van der Waals surface area contributed by atoms with Gasteiger partial charge in [0.05, 0.1) is 10.4 Å². The molecule has 186 valence electrons. The van der Waals surface area contributed by atoms with Crippen LogP contribution >= 0.6 is 0 Å². The Balaban J connectivity index is 1.49. The van der Waals surface area contributed by atoms with Crippen LogP contribution in [0.2, 0.25) is 0 Å². The number of piperazine rings is 1. The molecule has 1 aliphatic rings. The second-order valence-corrected chi connectivity index (χ2v) is 9.42. The largest absolute Gasteiger partial charge is 0.361 e. The van der Waals surface area contributed by atoms with Gasteiger partial charge in [-0.15, -0.1) is 10.2 Å². The number of hydrogen-bond donors (Lipinski definition) is 3. The zero-order valence-electron chi connectivity index (χ0n) is 20.5. The molecule has 0 radical (unpaired) electrons. The molecule has 5 rings (SSSR count). The molecular formula is C25H29N9O2. The SMILES string of the molecule is Cc1[nH]nc2ccc(-c3nnc(NCc4cccc([N+](=O)[O-])c4)c(N4CCN[C@@H](C(C)C)C4)n3)cc12. The van der Waals surface area contributed by atoms with Crippen molar-refractivity contribution in [2.45, 2.75) is 33.4 Å². The smallest absolute Gasteiger partial charge is 0.269 e. The first-order valence-electron chi connectivity index (χ1n) is 12.0. The number of H-pyrrole nitrogens is 1. The lowest BCUT2D eigenvalue weighted by Crippen LogP contribution is -2.53. The highest BCUT2D eigenvalue weighted by atomic mass is 16.6. The van der Waals surface area contributed by atoms with Crippen LogP contribution in [0.1, 0.15) is 25.1 Å². The first-order valence-corrected chi connectivity index (χ1v) is 12.0.